The molecule has 0 atom stereocenters. The molecule has 78 valence electrons. The fourth-order valence-corrected chi connectivity index (χ4v) is 1.46. The molecule has 0 aliphatic rings. The van der Waals surface area contributed by atoms with Gasteiger partial charge in [-0.05, 0) is 24.1 Å². The number of aryl methyl sites for hydroxylation is 1. The van der Waals surface area contributed by atoms with Crippen LogP contribution in [0.2, 0.25) is 0 Å². The molecule has 0 saturated carbocycles. The van der Waals surface area contributed by atoms with Crippen LogP contribution in [0.25, 0.3) is 0 Å². The number of pyridine rings is 1. The van der Waals surface area contributed by atoms with E-state index in [1.165, 1.54) is 11.1 Å². The third kappa shape index (κ3) is 2.92. The van der Waals surface area contributed by atoms with Crippen LogP contribution in [0.5, 0.6) is 0 Å². The Morgan fingerprint density at radius 2 is 2.13 bits per heavy atom. The van der Waals surface area contributed by atoms with Crippen molar-refractivity contribution in [2.24, 2.45) is 0 Å². The normalized spacial score (nSPS) is 10.5. The highest BCUT2D eigenvalue weighted by Crippen LogP contribution is 2.02. The number of rotatable bonds is 4. The van der Waals surface area contributed by atoms with Gasteiger partial charge in [0, 0.05) is 31.0 Å². The Labute approximate surface area is 89.1 Å². The average Bonchev–Trinajstić information content (AvgIpc) is 2.71. The molecule has 2 rings (SSSR count). The van der Waals surface area contributed by atoms with Crippen molar-refractivity contribution < 1.29 is 4.42 Å². The van der Waals surface area contributed by atoms with Crippen LogP contribution in [0, 0.1) is 6.92 Å². The van der Waals surface area contributed by atoms with Crippen molar-refractivity contribution >= 4 is 0 Å². The molecule has 3 heteroatoms. The maximum atomic E-state index is 4.98. The first-order valence-electron chi connectivity index (χ1n) is 4.97. The number of nitrogens with zero attached hydrogens (tertiary/aromatic N) is 1. The Morgan fingerprint density at radius 1 is 1.27 bits per heavy atom. The Kier molecular flexibility index (Phi) is 3.15. The largest absolute Gasteiger partial charge is 0.472 e. The number of aromatic nitrogens is 1. The molecule has 2 aromatic rings. The van der Waals surface area contributed by atoms with Gasteiger partial charge in [-0.25, -0.2) is 0 Å². The maximum absolute atomic E-state index is 4.98. The van der Waals surface area contributed by atoms with Crippen LogP contribution in [-0.4, -0.2) is 4.98 Å². The van der Waals surface area contributed by atoms with Gasteiger partial charge in [0.1, 0.15) is 0 Å². The minimum absolute atomic E-state index is 0.824. The van der Waals surface area contributed by atoms with Gasteiger partial charge in [0.15, 0.2) is 0 Å². The minimum atomic E-state index is 0.824. The summed E-state index contributed by atoms with van der Waals surface area (Å²) in [6, 6.07) is 4.09. The van der Waals surface area contributed by atoms with E-state index in [2.05, 4.69) is 16.4 Å². The summed E-state index contributed by atoms with van der Waals surface area (Å²) < 4.78 is 4.98. The summed E-state index contributed by atoms with van der Waals surface area (Å²) in [7, 11) is 0. The smallest absolute Gasteiger partial charge is 0.0947 e. The van der Waals surface area contributed by atoms with Crippen LogP contribution in [0.1, 0.15) is 16.7 Å². The van der Waals surface area contributed by atoms with Crippen molar-refractivity contribution in [3.8, 4) is 0 Å². The molecule has 0 aliphatic carbocycles. The van der Waals surface area contributed by atoms with Crippen LogP contribution in [-0.2, 0) is 13.1 Å². The van der Waals surface area contributed by atoms with Gasteiger partial charge in [-0.15, -0.1) is 0 Å². The molecule has 0 unspecified atom stereocenters. The van der Waals surface area contributed by atoms with Gasteiger partial charge in [0.05, 0.1) is 12.5 Å². The summed E-state index contributed by atoms with van der Waals surface area (Å²) in [6.45, 7) is 3.71. The zero-order chi connectivity index (χ0) is 10.5. The van der Waals surface area contributed by atoms with Crippen molar-refractivity contribution in [2.75, 3.05) is 0 Å². The number of hydrogen-bond acceptors (Lipinski definition) is 3. The molecule has 2 aromatic heterocycles. The highest BCUT2D eigenvalue weighted by atomic mass is 16.3. The summed E-state index contributed by atoms with van der Waals surface area (Å²) in [5.41, 5.74) is 3.56. The lowest BCUT2D eigenvalue weighted by Gasteiger charge is -2.03. The molecule has 0 bridgehead atoms. The summed E-state index contributed by atoms with van der Waals surface area (Å²) in [5, 5.41) is 3.33. The number of hydrogen-bond donors (Lipinski definition) is 1. The van der Waals surface area contributed by atoms with E-state index in [0.717, 1.165) is 18.7 Å². The van der Waals surface area contributed by atoms with Crippen LogP contribution in [0.3, 0.4) is 0 Å². The predicted octanol–water partition coefficient (Wildman–Crippen LogP) is 2.27. The zero-order valence-corrected chi connectivity index (χ0v) is 8.73. The van der Waals surface area contributed by atoms with E-state index >= 15 is 0 Å². The Morgan fingerprint density at radius 3 is 2.87 bits per heavy atom. The first-order chi connectivity index (χ1) is 7.34. The Balaban J connectivity index is 1.83. The van der Waals surface area contributed by atoms with Crippen molar-refractivity contribution in [1.29, 1.82) is 0 Å². The van der Waals surface area contributed by atoms with Crippen LogP contribution < -0.4 is 5.32 Å². The van der Waals surface area contributed by atoms with Gasteiger partial charge >= 0.3 is 0 Å². The van der Waals surface area contributed by atoms with Gasteiger partial charge in [-0.2, -0.15) is 0 Å². The summed E-state index contributed by atoms with van der Waals surface area (Å²) in [5.74, 6) is 0. The van der Waals surface area contributed by atoms with E-state index in [1.54, 1.807) is 12.5 Å². The first-order valence-corrected chi connectivity index (χ1v) is 4.97. The van der Waals surface area contributed by atoms with Gasteiger partial charge < -0.3 is 9.73 Å². The molecule has 0 radical (unpaired) electrons. The molecule has 2 heterocycles. The third-order valence-electron chi connectivity index (χ3n) is 2.17. The van der Waals surface area contributed by atoms with Gasteiger partial charge in [0.2, 0.25) is 0 Å². The monoisotopic (exact) mass is 202 g/mol. The van der Waals surface area contributed by atoms with Crippen molar-refractivity contribution in [1.82, 2.24) is 10.3 Å². The number of nitrogens with one attached hydrogen (secondary N) is 1. The van der Waals surface area contributed by atoms with Crippen LogP contribution in [0.4, 0.5) is 0 Å². The lowest BCUT2D eigenvalue weighted by molar-refractivity contribution is 0.560. The maximum Gasteiger partial charge on any atom is 0.0947 e. The van der Waals surface area contributed by atoms with Crippen LogP contribution >= 0.6 is 0 Å². The molecule has 1 N–H and O–H groups in total. The van der Waals surface area contributed by atoms with E-state index in [1.807, 2.05) is 25.4 Å². The highest BCUT2D eigenvalue weighted by Gasteiger charge is 1.95. The van der Waals surface area contributed by atoms with E-state index in [4.69, 9.17) is 4.42 Å². The van der Waals surface area contributed by atoms with E-state index in [0.29, 0.717) is 0 Å². The SMILES string of the molecule is Cc1cncc(CNCc2ccoc2)c1. The van der Waals surface area contributed by atoms with Gasteiger partial charge in [-0.3, -0.25) is 4.98 Å². The van der Waals surface area contributed by atoms with Crippen molar-refractivity contribution in [3.05, 3.63) is 53.7 Å². The third-order valence-corrected chi connectivity index (χ3v) is 2.17. The van der Waals surface area contributed by atoms with Gasteiger partial charge in [-0.1, -0.05) is 6.07 Å². The van der Waals surface area contributed by atoms with Gasteiger partial charge in [0.25, 0.3) is 0 Å². The second-order valence-corrected chi connectivity index (χ2v) is 3.61. The number of furan rings is 1. The topological polar surface area (TPSA) is 38.1 Å². The molecule has 0 amide bonds. The average molecular weight is 202 g/mol. The van der Waals surface area contributed by atoms with Crippen molar-refractivity contribution in [3.63, 3.8) is 0 Å². The van der Waals surface area contributed by atoms with E-state index < -0.39 is 0 Å². The fraction of sp³-hybridized carbons (Fsp3) is 0.250. The molecule has 3 nitrogen and oxygen atoms in total. The quantitative estimate of drug-likeness (QED) is 0.826. The molecule has 0 saturated heterocycles. The summed E-state index contributed by atoms with van der Waals surface area (Å²) in [6.07, 6.45) is 7.18. The molecule has 15 heavy (non-hydrogen) atoms. The van der Waals surface area contributed by atoms with Crippen LogP contribution in [0.15, 0.2) is 41.5 Å². The second-order valence-electron chi connectivity index (χ2n) is 3.61. The summed E-state index contributed by atoms with van der Waals surface area (Å²) >= 11 is 0. The molecule has 0 fully saturated rings. The molecule has 0 spiro atoms. The highest BCUT2D eigenvalue weighted by molar-refractivity contribution is 5.16. The van der Waals surface area contributed by atoms with E-state index in [-0.39, 0.29) is 0 Å². The Hall–Kier alpha value is -1.61. The second kappa shape index (κ2) is 4.75. The molecular formula is C12H14N2O. The lowest BCUT2D eigenvalue weighted by Crippen LogP contribution is -2.12. The Bertz CT molecular complexity index is 409. The predicted molar refractivity (Wildman–Crippen MR) is 58.2 cm³/mol. The zero-order valence-electron chi connectivity index (χ0n) is 8.73. The first kappa shape index (κ1) is 9.93. The molecular weight excluding hydrogens is 188 g/mol. The standard InChI is InChI=1S/C12H14N2O/c1-10-4-12(7-13-5-10)8-14-6-11-2-3-15-9-11/h2-5,7,9,14H,6,8H2,1H3. The fourth-order valence-electron chi connectivity index (χ4n) is 1.46. The van der Waals surface area contributed by atoms with Crippen molar-refractivity contribution in [2.45, 2.75) is 20.0 Å². The summed E-state index contributed by atoms with van der Waals surface area (Å²) in [4.78, 5) is 4.14. The molecule has 0 aliphatic heterocycles. The lowest BCUT2D eigenvalue weighted by atomic mass is 10.2. The van der Waals surface area contributed by atoms with E-state index in [9.17, 15) is 0 Å². The molecule has 0 aromatic carbocycles. The minimum Gasteiger partial charge on any atom is -0.472 e.